The van der Waals surface area contributed by atoms with Crippen molar-refractivity contribution in [2.45, 2.75) is 26.8 Å². The average Bonchev–Trinajstić information content (AvgIpc) is 3.45. The van der Waals surface area contributed by atoms with Crippen LogP contribution in [0.5, 0.6) is 5.75 Å². The number of para-hydroxylation sites is 1. The van der Waals surface area contributed by atoms with Gasteiger partial charge in [0.1, 0.15) is 17.4 Å². The molecule has 4 aromatic rings. The van der Waals surface area contributed by atoms with Gasteiger partial charge in [-0.2, -0.15) is 5.26 Å². The lowest BCUT2D eigenvalue weighted by Crippen LogP contribution is -2.13. The maximum atomic E-state index is 12.5. The van der Waals surface area contributed by atoms with E-state index in [1.807, 2.05) is 48.7 Å². The maximum absolute atomic E-state index is 12.5. The third-order valence-electron chi connectivity index (χ3n) is 5.49. The third kappa shape index (κ3) is 5.13. The number of amides is 1. The molecule has 1 amide bonds. The fourth-order valence-corrected chi connectivity index (χ4v) is 4.15. The monoisotopic (exact) mass is 456 g/mol. The van der Waals surface area contributed by atoms with Crippen molar-refractivity contribution >= 4 is 39.4 Å². The van der Waals surface area contributed by atoms with E-state index in [0.717, 1.165) is 40.7 Å². The predicted molar refractivity (Wildman–Crippen MR) is 132 cm³/mol. The zero-order valence-electron chi connectivity index (χ0n) is 18.5. The highest BCUT2D eigenvalue weighted by Crippen LogP contribution is 2.25. The second kappa shape index (κ2) is 10.2. The van der Waals surface area contributed by atoms with E-state index in [1.54, 1.807) is 17.7 Å². The second-order valence-corrected chi connectivity index (χ2v) is 8.55. The van der Waals surface area contributed by atoms with Crippen LogP contribution in [0.25, 0.3) is 17.0 Å². The summed E-state index contributed by atoms with van der Waals surface area (Å²) >= 11 is 1.31. The van der Waals surface area contributed by atoms with E-state index in [1.165, 1.54) is 16.9 Å². The van der Waals surface area contributed by atoms with Crippen molar-refractivity contribution < 1.29 is 9.53 Å². The van der Waals surface area contributed by atoms with Gasteiger partial charge in [-0.05, 0) is 49.6 Å². The minimum Gasteiger partial charge on any atom is -0.493 e. The van der Waals surface area contributed by atoms with Crippen molar-refractivity contribution in [2.75, 3.05) is 11.9 Å². The first-order valence-electron chi connectivity index (χ1n) is 10.7. The van der Waals surface area contributed by atoms with E-state index in [2.05, 4.69) is 34.8 Å². The van der Waals surface area contributed by atoms with Crippen LogP contribution >= 0.6 is 11.3 Å². The summed E-state index contributed by atoms with van der Waals surface area (Å²) in [6.07, 6.45) is 6.05. The Bertz CT molecular complexity index is 1350. The van der Waals surface area contributed by atoms with Gasteiger partial charge in [0.15, 0.2) is 5.13 Å². The van der Waals surface area contributed by atoms with Gasteiger partial charge >= 0.3 is 0 Å². The van der Waals surface area contributed by atoms with Gasteiger partial charge in [-0.15, -0.1) is 11.3 Å². The van der Waals surface area contributed by atoms with Gasteiger partial charge < -0.3 is 9.30 Å². The summed E-state index contributed by atoms with van der Waals surface area (Å²) in [7, 11) is 0. The highest BCUT2D eigenvalue weighted by Gasteiger charge is 2.13. The van der Waals surface area contributed by atoms with Crippen molar-refractivity contribution in [2.24, 2.45) is 0 Å². The quantitative estimate of drug-likeness (QED) is 0.209. The number of nitrogens with zero attached hydrogens (tertiary/aromatic N) is 3. The van der Waals surface area contributed by atoms with Crippen molar-refractivity contribution in [3.63, 3.8) is 0 Å². The Balaban J connectivity index is 1.50. The molecule has 0 unspecified atom stereocenters. The summed E-state index contributed by atoms with van der Waals surface area (Å²) in [6, 6.07) is 16.1. The summed E-state index contributed by atoms with van der Waals surface area (Å²) in [5, 5.41) is 15.5. The number of nitriles is 1. The van der Waals surface area contributed by atoms with Gasteiger partial charge in [0.05, 0.1) is 6.61 Å². The first-order chi connectivity index (χ1) is 16.1. The minimum atomic E-state index is -0.466. The van der Waals surface area contributed by atoms with Gasteiger partial charge in [-0.3, -0.25) is 10.1 Å². The van der Waals surface area contributed by atoms with Crippen LogP contribution in [0.4, 0.5) is 5.13 Å². The molecule has 7 heteroatoms. The maximum Gasteiger partial charge on any atom is 0.268 e. The lowest BCUT2D eigenvalue weighted by Gasteiger charge is -2.11. The van der Waals surface area contributed by atoms with Gasteiger partial charge in [-0.25, -0.2) is 4.98 Å². The molecule has 2 aromatic heterocycles. The number of hydrogen-bond acceptors (Lipinski definition) is 5. The van der Waals surface area contributed by atoms with E-state index in [-0.39, 0.29) is 5.57 Å². The standard InChI is InChI=1S/C26H24N4O2S/c1-18-7-5-10-24(19(18)2)32-13-6-12-30-17-21(22-8-3-4-9-23(22)30)15-20(16-27)25(31)29-26-28-11-14-33-26/h3-5,7-11,14-15,17H,6,12-13H2,1-2H3,(H,28,29,31)/b20-15-. The summed E-state index contributed by atoms with van der Waals surface area (Å²) < 4.78 is 8.14. The SMILES string of the molecule is Cc1cccc(OCCCn2cc(/C=C(/C#N)C(=O)Nc3nccs3)c3ccccc32)c1C. The minimum absolute atomic E-state index is 0.0337. The van der Waals surface area contributed by atoms with Crippen LogP contribution in [0, 0.1) is 25.2 Å². The lowest BCUT2D eigenvalue weighted by molar-refractivity contribution is -0.112. The molecule has 0 aliphatic heterocycles. The summed E-state index contributed by atoms with van der Waals surface area (Å²) in [6.45, 7) is 5.50. The van der Waals surface area contributed by atoms with Crippen LogP contribution in [0.2, 0.25) is 0 Å². The Morgan fingerprint density at radius 1 is 1.24 bits per heavy atom. The number of ether oxygens (including phenoxy) is 1. The number of thiazole rings is 1. The van der Waals surface area contributed by atoms with Crippen molar-refractivity contribution in [1.29, 1.82) is 5.26 Å². The van der Waals surface area contributed by atoms with Crippen molar-refractivity contribution in [1.82, 2.24) is 9.55 Å². The molecule has 0 bridgehead atoms. The van der Waals surface area contributed by atoms with Crippen LogP contribution < -0.4 is 10.1 Å². The molecule has 33 heavy (non-hydrogen) atoms. The molecule has 0 saturated carbocycles. The molecule has 2 heterocycles. The van der Waals surface area contributed by atoms with Crippen LogP contribution in [0.15, 0.2) is 65.8 Å². The predicted octanol–water partition coefficient (Wildman–Crippen LogP) is 5.73. The van der Waals surface area contributed by atoms with Gasteiger partial charge in [-0.1, -0.05) is 30.3 Å². The van der Waals surface area contributed by atoms with Crippen LogP contribution in [-0.4, -0.2) is 22.1 Å². The fourth-order valence-electron chi connectivity index (χ4n) is 3.63. The van der Waals surface area contributed by atoms with Gasteiger partial charge in [0.25, 0.3) is 5.91 Å². The molecule has 0 aliphatic rings. The Kier molecular flexibility index (Phi) is 6.86. The number of benzene rings is 2. The molecule has 0 saturated heterocycles. The number of fused-ring (bicyclic) bond motifs is 1. The number of carbonyl (C=O) groups excluding carboxylic acids is 1. The van der Waals surface area contributed by atoms with E-state index < -0.39 is 5.91 Å². The normalized spacial score (nSPS) is 11.4. The fraction of sp³-hybridized carbons (Fsp3) is 0.192. The lowest BCUT2D eigenvalue weighted by atomic mass is 10.1. The van der Waals surface area contributed by atoms with Crippen molar-refractivity contribution in [3.8, 4) is 11.8 Å². The molecule has 4 rings (SSSR count). The number of anilines is 1. The Morgan fingerprint density at radius 3 is 2.88 bits per heavy atom. The second-order valence-electron chi connectivity index (χ2n) is 7.66. The largest absolute Gasteiger partial charge is 0.493 e. The Morgan fingerprint density at radius 2 is 2.09 bits per heavy atom. The Labute approximate surface area is 196 Å². The molecule has 1 N–H and O–H groups in total. The number of carbonyl (C=O) groups is 1. The molecule has 0 fully saturated rings. The topological polar surface area (TPSA) is 79.9 Å². The Hall–Kier alpha value is -3.89. The molecular weight excluding hydrogens is 432 g/mol. The summed E-state index contributed by atoms with van der Waals surface area (Å²) in [5.41, 5.74) is 4.29. The summed E-state index contributed by atoms with van der Waals surface area (Å²) in [5.74, 6) is 0.451. The third-order valence-corrected chi connectivity index (χ3v) is 6.18. The molecule has 2 aromatic carbocycles. The van der Waals surface area contributed by atoms with Crippen LogP contribution in [0.1, 0.15) is 23.1 Å². The average molecular weight is 457 g/mol. The number of rotatable bonds is 8. The van der Waals surface area contributed by atoms with Gasteiger partial charge in [0.2, 0.25) is 0 Å². The highest BCUT2D eigenvalue weighted by atomic mass is 32.1. The number of nitrogens with one attached hydrogen (secondary N) is 1. The molecule has 0 spiro atoms. The first-order valence-corrected chi connectivity index (χ1v) is 11.5. The van der Waals surface area contributed by atoms with Crippen LogP contribution in [-0.2, 0) is 11.3 Å². The van der Waals surface area contributed by atoms with E-state index in [9.17, 15) is 10.1 Å². The summed E-state index contributed by atoms with van der Waals surface area (Å²) in [4.78, 5) is 16.6. The first kappa shape index (κ1) is 22.3. The highest BCUT2D eigenvalue weighted by molar-refractivity contribution is 7.13. The molecule has 0 atom stereocenters. The smallest absolute Gasteiger partial charge is 0.268 e. The zero-order chi connectivity index (χ0) is 23.2. The number of aryl methyl sites for hydroxylation is 2. The van der Waals surface area contributed by atoms with E-state index in [0.29, 0.717) is 11.7 Å². The molecule has 0 radical (unpaired) electrons. The van der Waals surface area contributed by atoms with Crippen LogP contribution in [0.3, 0.4) is 0 Å². The van der Waals surface area contributed by atoms with Crippen molar-refractivity contribution in [3.05, 3.63) is 82.5 Å². The number of aromatic nitrogens is 2. The van der Waals surface area contributed by atoms with E-state index in [4.69, 9.17) is 4.74 Å². The number of hydrogen-bond donors (Lipinski definition) is 1. The zero-order valence-corrected chi connectivity index (χ0v) is 19.4. The van der Waals surface area contributed by atoms with E-state index >= 15 is 0 Å². The molecular formula is C26H24N4O2S. The molecule has 166 valence electrons. The molecule has 0 aliphatic carbocycles. The molecule has 6 nitrogen and oxygen atoms in total. The van der Waals surface area contributed by atoms with Gasteiger partial charge in [0, 0.05) is 40.8 Å².